The van der Waals surface area contributed by atoms with E-state index in [0.29, 0.717) is 0 Å². The molecule has 0 atom stereocenters. The van der Waals surface area contributed by atoms with Crippen LogP contribution in [0.4, 0.5) is 0 Å². The summed E-state index contributed by atoms with van der Waals surface area (Å²) in [6.45, 7) is 6.39. The Kier molecular flexibility index (Phi) is 4.25. The second kappa shape index (κ2) is 5.72. The summed E-state index contributed by atoms with van der Waals surface area (Å²) < 4.78 is 9.10. The molecular weight excluding hydrogens is 281 g/mol. The van der Waals surface area contributed by atoms with Gasteiger partial charge in [-0.25, -0.2) is 0 Å². The van der Waals surface area contributed by atoms with E-state index in [4.69, 9.17) is 3.76 Å². The Balaban J connectivity index is 2.36. The van der Waals surface area contributed by atoms with Crippen molar-refractivity contribution in [3.8, 4) is 0 Å². The summed E-state index contributed by atoms with van der Waals surface area (Å²) in [5, 5.41) is 0. The fraction of sp³-hybridized carbons (Fsp3) is 0.250. The Hall–Kier alpha value is -1.06. The van der Waals surface area contributed by atoms with Gasteiger partial charge in [0.25, 0.3) is 0 Å². The Bertz CT molecular complexity index is 434. The first-order valence-corrected chi connectivity index (χ1v) is 9.18. The van der Waals surface area contributed by atoms with Crippen LogP contribution in [0.5, 0.6) is 0 Å². The molecule has 0 saturated carbocycles. The van der Waals surface area contributed by atoms with Crippen molar-refractivity contribution in [3.63, 3.8) is 0 Å². The molecule has 0 aromatic heterocycles. The molecule has 0 unspecified atom stereocenters. The molecule has 0 aliphatic carbocycles. The van der Waals surface area contributed by atoms with Gasteiger partial charge in [0.1, 0.15) is 0 Å². The zero-order chi connectivity index (χ0) is 13.0. The third kappa shape index (κ3) is 3.72. The van der Waals surface area contributed by atoms with E-state index in [1.165, 1.54) is 8.79 Å². The SMILES string of the molecule is CC(C)(C)[O][Ge]([c]1ccccc1)[c]1ccccc1. The van der Waals surface area contributed by atoms with Crippen LogP contribution in [0.25, 0.3) is 0 Å². The van der Waals surface area contributed by atoms with Crippen molar-refractivity contribution >= 4 is 23.5 Å². The van der Waals surface area contributed by atoms with E-state index in [9.17, 15) is 0 Å². The number of hydrogen-bond donors (Lipinski definition) is 0. The van der Waals surface area contributed by atoms with Gasteiger partial charge in [-0.1, -0.05) is 0 Å². The summed E-state index contributed by atoms with van der Waals surface area (Å²) in [5.74, 6) is 0. The predicted octanol–water partition coefficient (Wildman–Crippen LogP) is 2.61. The first-order chi connectivity index (χ1) is 8.56. The zero-order valence-corrected chi connectivity index (χ0v) is 13.3. The van der Waals surface area contributed by atoms with Crippen molar-refractivity contribution in [3.05, 3.63) is 60.7 Å². The molecule has 0 fully saturated rings. The standard InChI is InChI=1S/C16H19GeO/c1-16(2,3)18-17(14-10-6-4-7-11-14)15-12-8-5-9-13-15/h4-13H,1-3H3. The fourth-order valence-electron chi connectivity index (χ4n) is 1.77. The second-order valence-corrected chi connectivity index (χ2v) is 9.51. The van der Waals surface area contributed by atoms with Gasteiger partial charge in [-0.3, -0.25) is 0 Å². The molecule has 93 valence electrons. The van der Waals surface area contributed by atoms with E-state index < -0.39 is 14.7 Å². The number of hydrogen-bond acceptors (Lipinski definition) is 1. The van der Waals surface area contributed by atoms with Crippen molar-refractivity contribution in [2.45, 2.75) is 26.4 Å². The molecule has 0 saturated heterocycles. The van der Waals surface area contributed by atoms with Crippen molar-refractivity contribution in [2.75, 3.05) is 0 Å². The normalized spacial score (nSPS) is 11.8. The van der Waals surface area contributed by atoms with Crippen LogP contribution >= 0.6 is 0 Å². The minimum absolute atomic E-state index is 0.0962. The van der Waals surface area contributed by atoms with Gasteiger partial charge in [0.15, 0.2) is 0 Å². The first kappa shape index (κ1) is 13.4. The molecule has 0 spiro atoms. The van der Waals surface area contributed by atoms with Crippen LogP contribution in [0.15, 0.2) is 60.7 Å². The third-order valence-electron chi connectivity index (χ3n) is 2.48. The maximum absolute atomic E-state index is 6.38. The molecule has 1 radical (unpaired) electrons. The predicted molar refractivity (Wildman–Crippen MR) is 78.7 cm³/mol. The second-order valence-electron chi connectivity index (χ2n) is 5.28. The van der Waals surface area contributed by atoms with Crippen molar-refractivity contribution < 1.29 is 3.76 Å². The van der Waals surface area contributed by atoms with Crippen LogP contribution in [0, 0.1) is 0 Å². The Morgan fingerprint density at radius 1 is 0.722 bits per heavy atom. The molecule has 0 bridgehead atoms. The molecule has 1 nitrogen and oxygen atoms in total. The molecule has 18 heavy (non-hydrogen) atoms. The van der Waals surface area contributed by atoms with E-state index in [2.05, 4.69) is 81.4 Å². The van der Waals surface area contributed by atoms with Crippen LogP contribution in [-0.4, -0.2) is 20.3 Å². The molecule has 0 heterocycles. The van der Waals surface area contributed by atoms with Gasteiger partial charge in [0, 0.05) is 0 Å². The molecule has 0 amide bonds. The van der Waals surface area contributed by atoms with Crippen molar-refractivity contribution in [1.29, 1.82) is 0 Å². The van der Waals surface area contributed by atoms with Crippen LogP contribution < -0.4 is 8.79 Å². The van der Waals surface area contributed by atoms with E-state index in [1.54, 1.807) is 0 Å². The summed E-state index contributed by atoms with van der Waals surface area (Å²) in [7, 11) is 0. The molecule has 2 aromatic carbocycles. The van der Waals surface area contributed by atoms with Gasteiger partial charge in [0.05, 0.1) is 0 Å². The van der Waals surface area contributed by atoms with Gasteiger partial charge >= 0.3 is 114 Å². The van der Waals surface area contributed by atoms with Crippen LogP contribution in [0.2, 0.25) is 0 Å². The summed E-state index contributed by atoms with van der Waals surface area (Å²) in [5.41, 5.74) is -0.0962. The summed E-state index contributed by atoms with van der Waals surface area (Å²) in [6.07, 6.45) is 0. The van der Waals surface area contributed by atoms with Crippen LogP contribution in [0.3, 0.4) is 0 Å². The minimum atomic E-state index is -1.89. The number of rotatable bonds is 3. The molecule has 0 aliphatic heterocycles. The third-order valence-corrected chi connectivity index (χ3v) is 7.79. The monoisotopic (exact) mass is 301 g/mol. The average molecular weight is 300 g/mol. The van der Waals surface area contributed by atoms with E-state index in [0.717, 1.165) is 0 Å². The molecular formula is C16H19GeO. The first-order valence-electron chi connectivity index (χ1n) is 6.23. The Morgan fingerprint density at radius 2 is 1.11 bits per heavy atom. The van der Waals surface area contributed by atoms with Gasteiger partial charge in [-0.15, -0.1) is 0 Å². The van der Waals surface area contributed by atoms with E-state index in [-0.39, 0.29) is 5.60 Å². The summed E-state index contributed by atoms with van der Waals surface area (Å²) >= 11 is -1.89. The molecule has 2 heteroatoms. The Morgan fingerprint density at radius 3 is 1.44 bits per heavy atom. The fourth-order valence-corrected chi connectivity index (χ4v) is 6.33. The topological polar surface area (TPSA) is 9.23 Å². The zero-order valence-electron chi connectivity index (χ0n) is 11.2. The van der Waals surface area contributed by atoms with Crippen molar-refractivity contribution in [2.24, 2.45) is 0 Å². The van der Waals surface area contributed by atoms with E-state index >= 15 is 0 Å². The summed E-state index contributed by atoms with van der Waals surface area (Å²) in [6, 6.07) is 21.2. The maximum atomic E-state index is 6.38. The molecule has 2 aromatic rings. The molecule has 0 N–H and O–H groups in total. The van der Waals surface area contributed by atoms with Crippen LogP contribution in [-0.2, 0) is 3.76 Å². The number of benzene rings is 2. The Labute approximate surface area is 114 Å². The molecule has 0 aliphatic rings. The quantitative estimate of drug-likeness (QED) is 0.792. The van der Waals surface area contributed by atoms with Gasteiger partial charge in [0.2, 0.25) is 0 Å². The van der Waals surface area contributed by atoms with Gasteiger partial charge < -0.3 is 0 Å². The van der Waals surface area contributed by atoms with Crippen LogP contribution in [0.1, 0.15) is 20.8 Å². The van der Waals surface area contributed by atoms with Gasteiger partial charge in [-0.2, -0.15) is 0 Å². The van der Waals surface area contributed by atoms with E-state index in [1.807, 2.05) is 0 Å². The van der Waals surface area contributed by atoms with Crippen molar-refractivity contribution in [1.82, 2.24) is 0 Å². The van der Waals surface area contributed by atoms with Gasteiger partial charge in [-0.05, 0) is 0 Å². The summed E-state index contributed by atoms with van der Waals surface area (Å²) in [4.78, 5) is 0. The molecule has 2 rings (SSSR count). The average Bonchev–Trinajstić information content (AvgIpc) is 2.37.